The summed E-state index contributed by atoms with van der Waals surface area (Å²) in [6.45, 7) is 6.45. The number of hydrogen-bond acceptors (Lipinski definition) is 2. The summed E-state index contributed by atoms with van der Waals surface area (Å²) in [6, 6.07) is 0. The second-order valence-electron chi connectivity index (χ2n) is 4.35. The van der Waals surface area contributed by atoms with Gasteiger partial charge in [-0.15, -0.1) is 0 Å². The minimum atomic E-state index is 0.0818. The van der Waals surface area contributed by atoms with Gasteiger partial charge in [0, 0.05) is 17.8 Å². The van der Waals surface area contributed by atoms with Gasteiger partial charge in [0.25, 0.3) is 0 Å². The summed E-state index contributed by atoms with van der Waals surface area (Å²) in [5.74, 6) is 0. The lowest BCUT2D eigenvalue weighted by Gasteiger charge is -2.13. The Kier molecular flexibility index (Phi) is 2.10. The van der Waals surface area contributed by atoms with Crippen LogP contribution in [0.4, 0.5) is 0 Å². The van der Waals surface area contributed by atoms with Crippen molar-refractivity contribution in [3.05, 3.63) is 28.9 Å². The molecule has 0 aliphatic carbocycles. The van der Waals surface area contributed by atoms with E-state index < -0.39 is 0 Å². The van der Waals surface area contributed by atoms with Crippen LogP contribution >= 0.6 is 15.9 Å². The van der Waals surface area contributed by atoms with E-state index in [1.165, 1.54) is 0 Å². The van der Waals surface area contributed by atoms with E-state index in [1.807, 2.05) is 16.8 Å². The standard InChI is InChI=1S/C10H12BrN3/c1-10(2,3)7-5-14-6-8(11)12-4-9(14)13-7/h4-6H,1-3H3. The maximum absolute atomic E-state index is 4.50. The lowest BCUT2D eigenvalue weighted by Crippen LogP contribution is -2.11. The van der Waals surface area contributed by atoms with E-state index in [4.69, 9.17) is 0 Å². The molecule has 0 aliphatic heterocycles. The first kappa shape index (κ1) is 9.65. The van der Waals surface area contributed by atoms with Crippen LogP contribution in [0.15, 0.2) is 23.2 Å². The van der Waals surface area contributed by atoms with Crippen LogP contribution in [0, 0.1) is 0 Å². The number of nitrogens with zero attached hydrogens (tertiary/aromatic N) is 3. The number of imidazole rings is 1. The van der Waals surface area contributed by atoms with Crippen LogP contribution < -0.4 is 0 Å². The summed E-state index contributed by atoms with van der Waals surface area (Å²) in [6.07, 6.45) is 5.72. The maximum Gasteiger partial charge on any atom is 0.155 e. The van der Waals surface area contributed by atoms with Gasteiger partial charge in [-0.2, -0.15) is 0 Å². The van der Waals surface area contributed by atoms with E-state index >= 15 is 0 Å². The summed E-state index contributed by atoms with van der Waals surface area (Å²) < 4.78 is 2.81. The Hall–Kier alpha value is -0.900. The normalized spacial score (nSPS) is 12.3. The van der Waals surface area contributed by atoms with Gasteiger partial charge in [0.05, 0.1) is 11.9 Å². The lowest BCUT2D eigenvalue weighted by atomic mass is 9.93. The predicted molar refractivity (Wildman–Crippen MR) is 59.4 cm³/mol. The van der Waals surface area contributed by atoms with E-state index in [0.29, 0.717) is 0 Å². The van der Waals surface area contributed by atoms with Crippen LogP contribution in [0.2, 0.25) is 0 Å². The summed E-state index contributed by atoms with van der Waals surface area (Å²) in [5, 5.41) is 0. The van der Waals surface area contributed by atoms with Gasteiger partial charge in [0.2, 0.25) is 0 Å². The van der Waals surface area contributed by atoms with Gasteiger partial charge in [-0.25, -0.2) is 9.97 Å². The molecule has 0 fully saturated rings. The molecule has 3 nitrogen and oxygen atoms in total. The third kappa shape index (κ3) is 1.66. The van der Waals surface area contributed by atoms with Crippen molar-refractivity contribution in [1.29, 1.82) is 0 Å². The smallest absolute Gasteiger partial charge is 0.155 e. The van der Waals surface area contributed by atoms with E-state index in [0.717, 1.165) is 15.9 Å². The summed E-state index contributed by atoms with van der Waals surface area (Å²) in [4.78, 5) is 8.64. The molecule has 2 aromatic heterocycles. The first-order valence-corrected chi connectivity index (χ1v) is 5.27. The van der Waals surface area contributed by atoms with E-state index in [9.17, 15) is 0 Å². The summed E-state index contributed by atoms with van der Waals surface area (Å²) in [7, 11) is 0. The van der Waals surface area contributed by atoms with Crippen LogP contribution in [0.3, 0.4) is 0 Å². The highest BCUT2D eigenvalue weighted by Gasteiger charge is 2.17. The molecule has 14 heavy (non-hydrogen) atoms. The Bertz CT molecular complexity index is 468. The fourth-order valence-corrected chi connectivity index (χ4v) is 1.56. The van der Waals surface area contributed by atoms with Crippen molar-refractivity contribution in [1.82, 2.24) is 14.4 Å². The second-order valence-corrected chi connectivity index (χ2v) is 5.16. The van der Waals surface area contributed by atoms with Crippen molar-refractivity contribution in [3.8, 4) is 0 Å². The monoisotopic (exact) mass is 253 g/mol. The highest BCUT2D eigenvalue weighted by atomic mass is 79.9. The van der Waals surface area contributed by atoms with Gasteiger partial charge in [0.1, 0.15) is 4.60 Å². The van der Waals surface area contributed by atoms with E-state index in [-0.39, 0.29) is 5.41 Å². The third-order valence-corrected chi connectivity index (χ3v) is 2.49. The maximum atomic E-state index is 4.50. The Labute approximate surface area is 91.3 Å². The van der Waals surface area contributed by atoms with Gasteiger partial charge in [0.15, 0.2) is 5.65 Å². The van der Waals surface area contributed by atoms with Crippen molar-refractivity contribution in [2.45, 2.75) is 26.2 Å². The zero-order valence-corrected chi connectivity index (χ0v) is 10.0. The van der Waals surface area contributed by atoms with Gasteiger partial charge < -0.3 is 4.40 Å². The summed E-state index contributed by atoms with van der Waals surface area (Å²) >= 11 is 3.33. The number of hydrogen-bond donors (Lipinski definition) is 0. The molecule has 0 bridgehead atoms. The third-order valence-electron chi connectivity index (χ3n) is 2.08. The molecular weight excluding hydrogens is 242 g/mol. The summed E-state index contributed by atoms with van der Waals surface area (Å²) in [5.41, 5.74) is 2.05. The molecule has 0 aromatic carbocycles. The minimum absolute atomic E-state index is 0.0818. The average Bonchev–Trinajstić information content (AvgIpc) is 2.45. The van der Waals surface area contributed by atoms with Crippen molar-refractivity contribution >= 4 is 21.6 Å². The van der Waals surface area contributed by atoms with Crippen molar-refractivity contribution in [2.24, 2.45) is 0 Å². The van der Waals surface area contributed by atoms with Crippen LogP contribution in [-0.4, -0.2) is 14.4 Å². The van der Waals surface area contributed by atoms with Crippen LogP contribution in [0.1, 0.15) is 26.5 Å². The highest BCUT2D eigenvalue weighted by molar-refractivity contribution is 9.10. The molecule has 0 amide bonds. The molecule has 0 radical (unpaired) electrons. The molecule has 2 heterocycles. The fraction of sp³-hybridized carbons (Fsp3) is 0.400. The molecule has 0 N–H and O–H groups in total. The Morgan fingerprint density at radius 3 is 2.64 bits per heavy atom. The zero-order valence-electron chi connectivity index (χ0n) is 8.45. The molecule has 74 valence electrons. The van der Waals surface area contributed by atoms with Crippen LogP contribution in [0.5, 0.6) is 0 Å². The first-order chi connectivity index (χ1) is 6.47. The zero-order chi connectivity index (χ0) is 10.3. The van der Waals surface area contributed by atoms with Crippen molar-refractivity contribution in [2.75, 3.05) is 0 Å². The number of halogens is 1. The molecule has 2 rings (SSSR count). The van der Waals surface area contributed by atoms with Gasteiger partial charge in [-0.1, -0.05) is 20.8 Å². The van der Waals surface area contributed by atoms with E-state index in [2.05, 4.69) is 46.7 Å². The SMILES string of the molecule is CC(C)(C)c1cn2cc(Br)ncc2n1. The minimum Gasteiger partial charge on any atom is -0.303 e. The fourth-order valence-electron chi connectivity index (χ4n) is 1.24. The molecule has 0 spiro atoms. The van der Waals surface area contributed by atoms with Crippen molar-refractivity contribution < 1.29 is 0 Å². The number of aromatic nitrogens is 3. The highest BCUT2D eigenvalue weighted by Crippen LogP contribution is 2.21. The van der Waals surface area contributed by atoms with E-state index in [1.54, 1.807) is 6.20 Å². The molecule has 0 atom stereocenters. The first-order valence-electron chi connectivity index (χ1n) is 4.47. The van der Waals surface area contributed by atoms with Gasteiger partial charge in [-0.05, 0) is 15.9 Å². The molecule has 2 aromatic rings. The topological polar surface area (TPSA) is 30.2 Å². The average molecular weight is 254 g/mol. The molecule has 0 unspecified atom stereocenters. The van der Waals surface area contributed by atoms with Gasteiger partial charge >= 0.3 is 0 Å². The van der Waals surface area contributed by atoms with Crippen molar-refractivity contribution in [3.63, 3.8) is 0 Å². The van der Waals surface area contributed by atoms with Crippen LogP contribution in [0.25, 0.3) is 5.65 Å². The molecule has 4 heteroatoms. The Morgan fingerprint density at radius 2 is 2.00 bits per heavy atom. The second kappa shape index (κ2) is 3.05. The lowest BCUT2D eigenvalue weighted by molar-refractivity contribution is 0.573. The molecular formula is C10H12BrN3. The predicted octanol–water partition coefficient (Wildman–Crippen LogP) is 2.79. The van der Waals surface area contributed by atoms with Crippen LogP contribution in [-0.2, 0) is 5.41 Å². The Morgan fingerprint density at radius 1 is 1.29 bits per heavy atom. The Balaban J connectivity index is 2.63. The quantitative estimate of drug-likeness (QED) is 0.723. The largest absolute Gasteiger partial charge is 0.303 e. The molecule has 0 aliphatic rings. The van der Waals surface area contributed by atoms with Gasteiger partial charge in [-0.3, -0.25) is 0 Å². The number of rotatable bonds is 0. The number of fused-ring (bicyclic) bond motifs is 1. The molecule has 0 saturated carbocycles. The molecule has 0 saturated heterocycles.